The van der Waals surface area contributed by atoms with Crippen molar-refractivity contribution in [2.75, 3.05) is 7.11 Å². The Labute approximate surface area is 87.4 Å². The van der Waals surface area contributed by atoms with Crippen LogP contribution in [-0.2, 0) is 9.53 Å². The number of nitrogens with one attached hydrogen (secondary N) is 1. The van der Waals surface area contributed by atoms with E-state index in [0.29, 0.717) is 5.57 Å². The van der Waals surface area contributed by atoms with Crippen molar-refractivity contribution < 1.29 is 9.53 Å². The first-order chi connectivity index (χ1) is 7.24. The Bertz CT molecular complexity index is 525. The number of methoxy groups -OCH3 is 1. The van der Waals surface area contributed by atoms with Gasteiger partial charge in [-0.1, -0.05) is 24.8 Å². The molecule has 0 radical (unpaired) electrons. The van der Waals surface area contributed by atoms with Crippen molar-refractivity contribution in [2.24, 2.45) is 0 Å². The Morgan fingerprint density at radius 3 is 2.87 bits per heavy atom. The number of fused-ring (bicyclic) bond motifs is 1. The molecule has 3 heteroatoms. The summed E-state index contributed by atoms with van der Waals surface area (Å²) >= 11 is 0. The quantitative estimate of drug-likeness (QED) is 0.598. The van der Waals surface area contributed by atoms with Gasteiger partial charge in [0, 0.05) is 22.7 Å². The standard InChI is InChI=1S/C12H11NO2/c1-8(12(14)15-2)10-7-13-11-6-4-3-5-9(10)11/h3-7,13H,1H2,2H3. The maximum atomic E-state index is 11.3. The zero-order valence-corrected chi connectivity index (χ0v) is 8.41. The molecule has 0 amide bonds. The number of esters is 1. The molecule has 0 fully saturated rings. The number of hydrogen-bond donors (Lipinski definition) is 1. The van der Waals surface area contributed by atoms with Crippen LogP contribution in [0, 0.1) is 0 Å². The van der Waals surface area contributed by atoms with Crippen LogP contribution < -0.4 is 0 Å². The zero-order chi connectivity index (χ0) is 10.8. The molecule has 1 aromatic carbocycles. The second-order valence-electron chi connectivity index (χ2n) is 3.22. The van der Waals surface area contributed by atoms with Crippen LogP contribution in [0.5, 0.6) is 0 Å². The molecule has 0 unspecified atom stereocenters. The van der Waals surface area contributed by atoms with Crippen LogP contribution in [0.1, 0.15) is 5.56 Å². The van der Waals surface area contributed by atoms with Gasteiger partial charge in [0.2, 0.25) is 0 Å². The van der Waals surface area contributed by atoms with Crippen molar-refractivity contribution in [1.82, 2.24) is 4.98 Å². The fourth-order valence-electron chi connectivity index (χ4n) is 1.55. The van der Waals surface area contributed by atoms with Crippen LogP contribution in [0.3, 0.4) is 0 Å². The van der Waals surface area contributed by atoms with Gasteiger partial charge in [-0.2, -0.15) is 0 Å². The Balaban J connectivity index is 2.53. The maximum absolute atomic E-state index is 11.3. The molecule has 1 N–H and O–H groups in total. The predicted octanol–water partition coefficient (Wildman–Crippen LogP) is 2.35. The van der Waals surface area contributed by atoms with Crippen molar-refractivity contribution in [2.45, 2.75) is 0 Å². The average Bonchev–Trinajstić information content (AvgIpc) is 2.70. The van der Waals surface area contributed by atoms with Gasteiger partial charge in [0.25, 0.3) is 0 Å². The molecule has 0 saturated carbocycles. The Kier molecular flexibility index (Phi) is 2.29. The monoisotopic (exact) mass is 201 g/mol. The van der Waals surface area contributed by atoms with Crippen LogP contribution in [-0.4, -0.2) is 18.1 Å². The molecule has 1 heterocycles. The fraction of sp³-hybridized carbons (Fsp3) is 0.0833. The first-order valence-electron chi connectivity index (χ1n) is 4.57. The summed E-state index contributed by atoms with van der Waals surface area (Å²) in [5, 5.41) is 0.980. The van der Waals surface area contributed by atoms with E-state index in [9.17, 15) is 4.79 Å². The molecule has 0 aliphatic heterocycles. The van der Waals surface area contributed by atoms with Crippen molar-refractivity contribution in [3.05, 3.63) is 42.6 Å². The molecule has 76 valence electrons. The molecule has 0 aliphatic carbocycles. The highest BCUT2D eigenvalue weighted by Gasteiger charge is 2.13. The topological polar surface area (TPSA) is 42.1 Å². The summed E-state index contributed by atoms with van der Waals surface area (Å²) in [6.07, 6.45) is 1.77. The maximum Gasteiger partial charge on any atom is 0.337 e. The first-order valence-corrected chi connectivity index (χ1v) is 4.57. The van der Waals surface area contributed by atoms with Gasteiger partial charge in [-0.25, -0.2) is 4.79 Å². The van der Waals surface area contributed by atoms with Crippen LogP contribution in [0.4, 0.5) is 0 Å². The van der Waals surface area contributed by atoms with Gasteiger partial charge < -0.3 is 9.72 Å². The lowest BCUT2D eigenvalue weighted by atomic mass is 10.1. The molecule has 2 rings (SSSR count). The molecule has 0 aliphatic rings. The van der Waals surface area contributed by atoms with Gasteiger partial charge in [-0.05, 0) is 6.07 Å². The second-order valence-corrected chi connectivity index (χ2v) is 3.22. The van der Waals surface area contributed by atoms with E-state index in [-0.39, 0.29) is 0 Å². The number of hydrogen-bond acceptors (Lipinski definition) is 2. The lowest BCUT2D eigenvalue weighted by molar-refractivity contribution is -0.133. The van der Waals surface area contributed by atoms with Crippen molar-refractivity contribution in [3.8, 4) is 0 Å². The molecule has 0 spiro atoms. The van der Waals surface area contributed by atoms with E-state index in [0.717, 1.165) is 16.5 Å². The summed E-state index contributed by atoms with van der Waals surface area (Å²) < 4.78 is 4.63. The van der Waals surface area contributed by atoms with E-state index >= 15 is 0 Å². The van der Waals surface area contributed by atoms with E-state index in [4.69, 9.17) is 0 Å². The number of benzene rings is 1. The SMILES string of the molecule is C=C(C(=O)OC)c1c[nH]c2ccccc12. The van der Waals surface area contributed by atoms with Gasteiger partial charge in [0.15, 0.2) is 0 Å². The van der Waals surface area contributed by atoms with Crippen molar-refractivity contribution in [3.63, 3.8) is 0 Å². The number of ether oxygens (including phenoxy) is 1. The van der Waals surface area contributed by atoms with Crippen molar-refractivity contribution in [1.29, 1.82) is 0 Å². The minimum absolute atomic E-state index is 0.370. The van der Waals surface area contributed by atoms with E-state index in [1.807, 2.05) is 24.3 Å². The summed E-state index contributed by atoms with van der Waals surface area (Å²) in [6.45, 7) is 3.72. The first kappa shape index (κ1) is 9.52. The van der Waals surface area contributed by atoms with E-state index in [1.165, 1.54) is 7.11 Å². The third-order valence-electron chi connectivity index (χ3n) is 2.35. The van der Waals surface area contributed by atoms with E-state index in [1.54, 1.807) is 6.20 Å². The zero-order valence-electron chi connectivity index (χ0n) is 8.41. The third-order valence-corrected chi connectivity index (χ3v) is 2.35. The molecule has 0 saturated heterocycles. The highest BCUT2D eigenvalue weighted by Crippen LogP contribution is 2.24. The molecular formula is C12H11NO2. The van der Waals surface area contributed by atoms with Crippen LogP contribution in [0.25, 0.3) is 16.5 Å². The molecule has 0 atom stereocenters. The van der Waals surface area contributed by atoms with Gasteiger partial charge in [-0.3, -0.25) is 0 Å². The summed E-state index contributed by atoms with van der Waals surface area (Å²) in [6, 6.07) is 7.74. The molecule has 3 nitrogen and oxygen atoms in total. The number of aromatic nitrogens is 1. The number of H-pyrrole nitrogens is 1. The highest BCUT2D eigenvalue weighted by atomic mass is 16.5. The van der Waals surface area contributed by atoms with Gasteiger partial charge in [0.05, 0.1) is 12.7 Å². The number of para-hydroxylation sites is 1. The third kappa shape index (κ3) is 1.52. The van der Waals surface area contributed by atoms with E-state index < -0.39 is 5.97 Å². The Morgan fingerprint density at radius 2 is 2.13 bits per heavy atom. The Hall–Kier alpha value is -2.03. The van der Waals surface area contributed by atoms with Gasteiger partial charge in [0.1, 0.15) is 0 Å². The summed E-state index contributed by atoms with van der Waals surface area (Å²) in [7, 11) is 1.35. The van der Waals surface area contributed by atoms with E-state index in [2.05, 4.69) is 16.3 Å². The number of carbonyl (C=O) groups is 1. The summed E-state index contributed by atoms with van der Waals surface area (Å²) in [5.41, 5.74) is 2.14. The summed E-state index contributed by atoms with van der Waals surface area (Å²) in [5.74, 6) is -0.403. The predicted molar refractivity (Wildman–Crippen MR) is 59.3 cm³/mol. The van der Waals surface area contributed by atoms with Crippen LogP contribution in [0.2, 0.25) is 0 Å². The van der Waals surface area contributed by atoms with Crippen molar-refractivity contribution >= 4 is 22.4 Å². The number of carbonyl (C=O) groups excluding carboxylic acids is 1. The van der Waals surface area contributed by atoms with Crippen LogP contribution >= 0.6 is 0 Å². The number of rotatable bonds is 2. The van der Waals surface area contributed by atoms with Gasteiger partial charge >= 0.3 is 5.97 Å². The molecular weight excluding hydrogens is 190 g/mol. The average molecular weight is 201 g/mol. The lowest BCUT2D eigenvalue weighted by Crippen LogP contribution is -2.01. The minimum Gasteiger partial charge on any atom is -0.465 e. The number of aromatic amines is 1. The fourth-order valence-corrected chi connectivity index (χ4v) is 1.55. The second kappa shape index (κ2) is 3.61. The largest absolute Gasteiger partial charge is 0.465 e. The molecule has 1 aromatic heterocycles. The normalized spacial score (nSPS) is 10.2. The smallest absolute Gasteiger partial charge is 0.337 e. The highest BCUT2D eigenvalue weighted by molar-refractivity contribution is 6.19. The summed E-state index contributed by atoms with van der Waals surface area (Å²) in [4.78, 5) is 14.4. The van der Waals surface area contributed by atoms with Crippen LogP contribution in [0.15, 0.2) is 37.0 Å². The minimum atomic E-state index is -0.403. The lowest BCUT2D eigenvalue weighted by Gasteiger charge is -2.01. The van der Waals surface area contributed by atoms with Gasteiger partial charge in [-0.15, -0.1) is 0 Å². The molecule has 0 bridgehead atoms. The Morgan fingerprint density at radius 1 is 1.40 bits per heavy atom. The molecule has 15 heavy (non-hydrogen) atoms. The molecule has 2 aromatic rings.